The number of pyridine rings is 1. The summed E-state index contributed by atoms with van der Waals surface area (Å²) in [5, 5.41) is 3.95. The van der Waals surface area contributed by atoms with Crippen molar-refractivity contribution >= 4 is 12.1 Å². The van der Waals surface area contributed by atoms with Crippen molar-refractivity contribution in [2.45, 2.75) is 18.5 Å². The lowest BCUT2D eigenvalue weighted by Gasteiger charge is -2.08. The number of hydrazine groups is 1. The zero-order valence-electron chi connectivity index (χ0n) is 11.9. The Morgan fingerprint density at radius 2 is 2.09 bits per heavy atom. The first-order valence-electron chi connectivity index (χ1n) is 7.12. The maximum absolute atomic E-state index is 12.1. The van der Waals surface area contributed by atoms with Gasteiger partial charge in [-0.05, 0) is 18.1 Å². The van der Waals surface area contributed by atoms with E-state index >= 15 is 0 Å². The molecule has 1 aromatic heterocycles. The molecule has 0 aliphatic carbocycles. The second kappa shape index (κ2) is 6.93. The van der Waals surface area contributed by atoms with Gasteiger partial charge in [-0.3, -0.25) is 9.78 Å². The smallest absolute Gasteiger partial charge is 0.258 e. The second-order valence-electron chi connectivity index (χ2n) is 5.06. The van der Waals surface area contributed by atoms with Gasteiger partial charge in [-0.2, -0.15) is 5.10 Å². The molecule has 2 heterocycles. The average molecular weight is 295 g/mol. The first-order valence-corrected chi connectivity index (χ1v) is 7.12. The molecule has 2 aromatic rings. The van der Waals surface area contributed by atoms with E-state index < -0.39 is 0 Å². The van der Waals surface area contributed by atoms with Gasteiger partial charge in [-0.1, -0.05) is 36.4 Å². The third-order valence-electron chi connectivity index (χ3n) is 3.49. The SMILES string of the molecule is O=C(N/N=C/c1cccnc1)C1CC(c2ccccc2)NN1. The lowest BCUT2D eigenvalue weighted by Crippen LogP contribution is -2.41. The minimum absolute atomic E-state index is 0.124. The van der Waals surface area contributed by atoms with E-state index in [1.807, 2.05) is 42.5 Å². The van der Waals surface area contributed by atoms with E-state index in [1.165, 1.54) is 0 Å². The maximum atomic E-state index is 12.1. The third-order valence-corrected chi connectivity index (χ3v) is 3.49. The summed E-state index contributed by atoms with van der Waals surface area (Å²) >= 11 is 0. The fourth-order valence-corrected chi connectivity index (χ4v) is 2.33. The molecule has 2 atom stereocenters. The van der Waals surface area contributed by atoms with Crippen LogP contribution in [0.25, 0.3) is 0 Å². The molecule has 22 heavy (non-hydrogen) atoms. The molecule has 1 aliphatic rings. The van der Waals surface area contributed by atoms with Crippen LogP contribution in [0.15, 0.2) is 60.0 Å². The maximum Gasteiger partial charge on any atom is 0.258 e. The first kappa shape index (κ1) is 14.4. The highest BCUT2D eigenvalue weighted by Crippen LogP contribution is 2.21. The zero-order valence-corrected chi connectivity index (χ0v) is 11.9. The van der Waals surface area contributed by atoms with Gasteiger partial charge >= 0.3 is 0 Å². The fourth-order valence-electron chi connectivity index (χ4n) is 2.33. The van der Waals surface area contributed by atoms with Crippen molar-refractivity contribution in [3.63, 3.8) is 0 Å². The van der Waals surface area contributed by atoms with Crippen LogP contribution in [0.1, 0.15) is 23.6 Å². The Morgan fingerprint density at radius 3 is 2.86 bits per heavy atom. The molecule has 3 rings (SSSR count). The Morgan fingerprint density at radius 1 is 1.23 bits per heavy atom. The molecule has 0 radical (unpaired) electrons. The Labute approximate surface area is 128 Å². The molecule has 1 aromatic carbocycles. The van der Waals surface area contributed by atoms with Crippen LogP contribution in [-0.4, -0.2) is 23.1 Å². The number of hydrogen-bond donors (Lipinski definition) is 3. The Bertz CT molecular complexity index is 644. The molecule has 1 aliphatic heterocycles. The standard InChI is InChI=1S/C16H17N5O/c22-16(21-18-11-12-5-4-8-17-10-12)15-9-14(19-20-15)13-6-2-1-3-7-13/h1-8,10-11,14-15,19-20H,9H2,(H,21,22)/b18-11+. The minimum Gasteiger partial charge on any atom is -0.271 e. The summed E-state index contributed by atoms with van der Waals surface area (Å²) in [6.07, 6.45) is 5.62. The largest absolute Gasteiger partial charge is 0.271 e. The predicted octanol–water partition coefficient (Wildman–Crippen LogP) is 1.14. The van der Waals surface area contributed by atoms with E-state index in [9.17, 15) is 4.79 Å². The van der Waals surface area contributed by atoms with Gasteiger partial charge in [0, 0.05) is 24.0 Å². The molecule has 1 saturated heterocycles. The van der Waals surface area contributed by atoms with E-state index in [4.69, 9.17) is 0 Å². The van der Waals surface area contributed by atoms with E-state index in [0.29, 0.717) is 6.42 Å². The Hall–Kier alpha value is -2.57. The van der Waals surface area contributed by atoms with Gasteiger partial charge < -0.3 is 0 Å². The van der Waals surface area contributed by atoms with E-state index in [-0.39, 0.29) is 18.0 Å². The van der Waals surface area contributed by atoms with Gasteiger partial charge in [0.2, 0.25) is 0 Å². The Balaban J connectivity index is 1.53. The van der Waals surface area contributed by atoms with Crippen molar-refractivity contribution in [1.82, 2.24) is 21.3 Å². The highest BCUT2D eigenvalue weighted by Gasteiger charge is 2.29. The van der Waals surface area contributed by atoms with E-state index in [2.05, 4.69) is 26.4 Å². The number of nitrogens with one attached hydrogen (secondary N) is 3. The van der Waals surface area contributed by atoms with Crippen LogP contribution < -0.4 is 16.3 Å². The molecule has 0 saturated carbocycles. The normalized spacial score (nSPS) is 21.1. The number of amides is 1. The minimum atomic E-state index is -0.309. The van der Waals surface area contributed by atoms with E-state index in [0.717, 1.165) is 11.1 Å². The molecule has 0 bridgehead atoms. The predicted molar refractivity (Wildman–Crippen MR) is 83.8 cm³/mol. The quantitative estimate of drug-likeness (QED) is 0.584. The number of hydrogen-bond acceptors (Lipinski definition) is 5. The van der Waals surface area contributed by atoms with Crippen LogP contribution in [0.4, 0.5) is 0 Å². The molecule has 6 nitrogen and oxygen atoms in total. The van der Waals surface area contributed by atoms with E-state index in [1.54, 1.807) is 18.6 Å². The van der Waals surface area contributed by atoms with Crippen molar-refractivity contribution in [3.05, 3.63) is 66.0 Å². The summed E-state index contributed by atoms with van der Waals surface area (Å²) < 4.78 is 0. The summed E-state index contributed by atoms with van der Waals surface area (Å²) in [6.45, 7) is 0. The molecular weight excluding hydrogens is 278 g/mol. The highest BCUT2D eigenvalue weighted by atomic mass is 16.2. The van der Waals surface area contributed by atoms with Crippen molar-refractivity contribution in [3.8, 4) is 0 Å². The van der Waals surface area contributed by atoms with Gasteiger partial charge in [0.05, 0.1) is 6.21 Å². The topological polar surface area (TPSA) is 78.4 Å². The molecule has 6 heteroatoms. The number of aromatic nitrogens is 1. The number of carbonyl (C=O) groups is 1. The summed E-state index contributed by atoms with van der Waals surface area (Å²) in [7, 11) is 0. The van der Waals surface area contributed by atoms with Crippen molar-refractivity contribution in [2.24, 2.45) is 5.10 Å². The lowest BCUT2D eigenvalue weighted by atomic mass is 10.0. The average Bonchev–Trinajstić information content (AvgIpc) is 3.07. The van der Waals surface area contributed by atoms with Crippen LogP contribution in [0.2, 0.25) is 0 Å². The number of rotatable bonds is 4. The molecule has 3 N–H and O–H groups in total. The molecule has 1 fully saturated rings. The third kappa shape index (κ3) is 3.55. The van der Waals surface area contributed by atoms with Crippen LogP contribution in [0.5, 0.6) is 0 Å². The fraction of sp³-hybridized carbons (Fsp3) is 0.188. The van der Waals surface area contributed by atoms with Crippen LogP contribution >= 0.6 is 0 Å². The molecule has 2 unspecified atom stereocenters. The summed E-state index contributed by atoms with van der Waals surface area (Å²) in [5.74, 6) is -0.161. The van der Waals surface area contributed by atoms with Gasteiger partial charge in [0.25, 0.3) is 5.91 Å². The number of carbonyl (C=O) groups excluding carboxylic acids is 1. The molecule has 1 amide bonds. The Kier molecular flexibility index (Phi) is 4.53. The summed E-state index contributed by atoms with van der Waals surface area (Å²) in [4.78, 5) is 16.0. The monoisotopic (exact) mass is 295 g/mol. The van der Waals surface area contributed by atoms with Crippen molar-refractivity contribution in [2.75, 3.05) is 0 Å². The van der Waals surface area contributed by atoms with Crippen LogP contribution in [-0.2, 0) is 4.79 Å². The van der Waals surface area contributed by atoms with Gasteiger partial charge in [-0.25, -0.2) is 16.3 Å². The van der Waals surface area contributed by atoms with Gasteiger partial charge in [-0.15, -0.1) is 0 Å². The number of benzene rings is 1. The summed E-state index contributed by atoms with van der Waals surface area (Å²) in [5.41, 5.74) is 10.7. The first-order chi connectivity index (χ1) is 10.8. The second-order valence-corrected chi connectivity index (χ2v) is 5.06. The number of nitrogens with zero attached hydrogens (tertiary/aromatic N) is 2. The number of hydrazone groups is 1. The van der Waals surface area contributed by atoms with Crippen molar-refractivity contribution < 1.29 is 4.79 Å². The van der Waals surface area contributed by atoms with Crippen LogP contribution in [0, 0.1) is 0 Å². The lowest BCUT2D eigenvalue weighted by molar-refractivity contribution is -0.122. The molecule has 0 spiro atoms. The molecular formula is C16H17N5O. The highest BCUT2D eigenvalue weighted by molar-refractivity contribution is 5.84. The van der Waals surface area contributed by atoms with Crippen molar-refractivity contribution in [1.29, 1.82) is 0 Å². The summed E-state index contributed by atoms with van der Waals surface area (Å²) in [6, 6.07) is 13.5. The van der Waals surface area contributed by atoms with Gasteiger partial charge in [0.1, 0.15) is 6.04 Å². The van der Waals surface area contributed by atoms with Crippen LogP contribution in [0.3, 0.4) is 0 Å². The van der Waals surface area contributed by atoms with Gasteiger partial charge in [0.15, 0.2) is 0 Å². The molecule has 112 valence electrons. The zero-order chi connectivity index (χ0) is 15.2.